The largest absolute Gasteiger partial charge is 0.495 e. The van der Waals surface area contributed by atoms with Crippen LogP contribution in [0.1, 0.15) is 12.8 Å². The second-order valence-electron chi connectivity index (χ2n) is 5.99. The fraction of sp³-hybridized carbons (Fsp3) is 0.250. The summed E-state index contributed by atoms with van der Waals surface area (Å²) in [5.74, 6) is -0.723. The molecule has 2 aromatic carbocycles. The van der Waals surface area contributed by atoms with Gasteiger partial charge in [0.15, 0.2) is 0 Å². The zero-order chi connectivity index (χ0) is 22.1. The Labute approximate surface area is 182 Å². The van der Waals surface area contributed by atoms with Gasteiger partial charge in [0.2, 0.25) is 11.8 Å². The number of rotatable bonds is 10. The molecule has 0 saturated heterocycles. The number of carboxylic acids is 1. The minimum atomic E-state index is -1.03. The Hall–Kier alpha value is -2.91. The smallest absolute Gasteiger partial charge is 0.303 e. The summed E-state index contributed by atoms with van der Waals surface area (Å²) in [5, 5.41) is 14.4. The lowest BCUT2D eigenvalue weighted by molar-refractivity contribution is -0.138. The molecule has 3 N–H and O–H groups in total. The van der Waals surface area contributed by atoms with Crippen molar-refractivity contribution in [1.82, 2.24) is 0 Å². The Morgan fingerprint density at radius 1 is 1.00 bits per heavy atom. The number of halogens is 1. The topological polar surface area (TPSA) is 114 Å². The van der Waals surface area contributed by atoms with Crippen LogP contribution in [0.3, 0.4) is 0 Å². The fourth-order valence-corrected chi connectivity index (χ4v) is 3.40. The summed E-state index contributed by atoms with van der Waals surface area (Å²) in [6, 6.07) is 10.1. The van der Waals surface area contributed by atoms with Gasteiger partial charge in [0.1, 0.15) is 11.5 Å². The van der Waals surface area contributed by atoms with E-state index in [9.17, 15) is 14.4 Å². The lowest BCUT2D eigenvalue weighted by atomic mass is 10.2. The van der Waals surface area contributed by atoms with Gasteiger partial charge in [-0.3, -0.25) is 14.4 Å². The molecular formula is C20H21ClN2O6S. The van der Waals surface area contributed by atoms with Crippen LogP contribution in [0.4, 0.5) is 11.4 Å². The molecule has 160 valence electrons. The Bertz CT molecular complexity index is 938. The van der Waals surface area contributed by atoms with Crippen molar-refractivity contribution in [3.63, 3.8) is 0 Å². The maximum atomic E-state index is 12.3. The highest BCUT2D eigenvalue weighted by Gasteiger charge is 2.13. The summed E-state index contributed by atoms with van der Waals surface area (Å²) >= 11 is 7.39. The van der Waals surface area contributed by atoms with Crippen LogP contribution in [0.2, 0.25) is 5.02 Å². The molecule has 0 saturated carbocycles. The molecular weight excluding hydrogens is 432 g/mol. The number of methoxy groups -OCH3 is 2. The van der Waals surface area contributed by atoms with E-state index in [-0.39, 0.29) is 30.4 Å². The maximum absolute atomic E-state index is 12.3. The average molecular weight is 453 g/mol. The molecule has 0 radical (unpaired) electrons. The van der Waals surface area contributed by atoms with Crippen molar-refractivity contribution in [2.75, 3.05) is 30.6 Å². The monoisotopic (exact) mass is 452 g/mol. The van der Waals surface area contributed by atoms with Crippen molar-refractivity contribution >= 4 is 52.5 Å². The van der Waals surface area contributed by atoms with E-state index in [4.69, 9.17) is 26.2 Å². The Morgan fingerprint density at radius 3 is 2.40 bits per heavy atom. The molecule has 8 nitrogen and oxygen atoms in total. The first-order valence-corrected chi connectivity index (χ1v) is 10.1. The van der Waals surface area contributed by atoms with Crippen molar-refractivity contribution < 1.29 is 29.0 Å². The fourth-order valence-electron chi connectivity index (χ4n) is 2.40. The molecule has 0 heterocycles. The van der Waals surface area contributed by atoms with Gasteiger partial charge in [0, 0.05) is 23.1 Å². The molecule has 10 heteroatoms. The number of carbonyl (C=O) groups excluding carboxylic acids is 2. The zero-order valence-corrected chi connectivity index (χ0v) is 17.9. The molecule has 0 aromatic heterocycles. The van der Waals surface area contributed by atoms with Gasteiger partial charge in [-0.05, 0) is 24.3 Å². The van der Waals surface area contributed by atoms with Crippen molar-refractivity contribution in [3.8, 4) is 11.5 Å². The number of benzene rings is 2. The first kappa shape index (κ1) is 23.4. The lowest BCUT2D eigenvalue weighted by Crippen LogP contribution is -2.15. The van der Waals surface area contributed by atoms with Crippen LogP contribution < -0.4 is 20.1 Å². The number of hydrogen-bond donors (Lipinski definition) is 3. The zero-order valence-electron chi connectivity index (χ0n) is 16.4. The second kappa shape index (κ2) is 11.3. The van der Waals surface area contributed by atoms with Crippen LogP contribution in [0, 0.1) is 0 Å². The molecule has 0 fully saturated rings. The number of hydrogen-bond acceptors (Lipinski definition) is 6. The number of amides is 2. The van der Waals surface area contributed by atoms with Crippen molar-refractivity contribution in [3.05, 3.63) is 41.4 Å². The van der Waals surface area contributed by atoms with Crippen LogP contribution in [0.15, 0.2) is 41.3 Å². The minimum Gasteiger partial charge on any atom is -0.495 e. The minimum absolute atomic E-state index is 0.110. The summed E-state index contributed by atoms with van der Waals surface area (Å²) in [7, 11) is 2.96. The van der Waals surface area contributed by atoms with E-state index >= 15 is 0 Å². The second-order valence-corrected chi connectivity index (χ2v) is 7.45. The molecule has 0 aliphatic carbocycles. The lowest BCUT2D eigenvalue weighted by Gasteiger charge is -2.13. The average Bonchev–Trinajstić information content (AvgIpc) is 2.71. The van der Waals surface area contributed by atoms with Crippen LogP contribution in [-0.4, -0.2) is 42.9 Å². The van der Waals surface area contributed by atoms with Crippen molar-refractivity contribution in [1.29, 1.82) is 0 Å². The molecule has 2 aromatic rings. The third kappa shape index (κ3) is 7.16. The number of carboxylic acid groups (broad SMARTS) is 1. The number of anilines is 2. The molecule has 0 unspecified atom stereocenters. The SMILES string of the molecule is COc1cc(OC)c(NC(=O)CSc2cccc(NC(=O)CCC(=O)O)c2)cc1Cl. The summed E-state index contributed by atoms with van der Waals surface area (Å²) in [6.07, 6.45) is -0.347. The molecule has 0 aliphatic heterocycles. The van der Waals surface area contributed by atoms with E-state index in [0.29, 0.717) is 27.9 Å². The quantitative estimate of drug-likeness (QED) is 0.468. The molecule has 0 atom stereocenters. The van der Waals surface area contributed by atoms with Gasteiger partial charge >= 0.3 is 5.97 Å². The van der Waals surface area contributed by atoms with Gasteiger partial charge < -0.3 is 25.2 Å². The molecule has 0 spiro atoms. The van der Waals surface area contributed by atoms with Gasteiger partial charge in [0.05, 0.1) is 37.1 Å². The van der Waals surface area contributed by atoms with E-state index in [1.807, 2.05) is 0 Å². The Kier molecular flexibility index (Phi) is 8.82. The molecule has 0 aliphatic rings. The van der Waals surface area contributed by atoms with E-state index in [0.717, 1.165) is 4.90 Å². The van der Waals surface area contributed by atoms with Crippen LogP contribution in [-0.2, 0) is 14.4 Å². The standard InChI is InChI=1S/C20H21ClN2O6S/c1-28-16-10-17(29-2)15(9-14(16)21)23-19(25)11-30-13-5-3-4-12(8-13)22-18(24)6-7-20(26)27/h3-5,8-10H,6-7,11H2,1-2H3,(H,22,24)(H,23,25)(H,26,27). The van der Waals surface area contributed by atoms with Gasteiger partial charge in [-0.15, -0.1) is 11.8 Å². The molecule has 0 bridgehead atoms. The van der Waals surface area contributed by atoms with Gasteiger partial charge in [0.25, 0.3) is 0 Å². The highest BCUT2D eigenvalue weighted by molar-refractivity contribution is 8.00. The number of thioether (sulfide) groups is 1. The summed E-state index contributed by atoms with van der Waals surface area (Å²) < 4.78 is 10.4. The third-order valence-corrected chi connectivity index (χ3v) is 5.09. The summed E-state index contributed by atoms with van der Waals surface area (Å²) in [6.45, 7) is 0. The first-order valence-electron chi connectivity index (χ1n) is 8.78. The summed E-state index contributed by atoms with van der Waals surface area (Å²) in [4.78, 5) is 35.4. The van der Waals surface area contributed by atoms with E-state index < -0.39 is 5.97 Å². The van der Waals surface area contributed by atoms with Gasteiger partial charge in [-0.2, -0.15) is 0 Å². The third-order valence-electron chi connectivity index (χ3n) is 3.80. The summed E-state index contributed by atoms with van der Waals surface area (Å²) in [5.41, 5.74) is 0.952. The highest BCUT2D eigenvalue weighted by Crippen LogP contribution is 2.36. The van der Waals surface area contributed by atoms with Crippen LogP contribution in [0.25, 0.3) is 0 Å². The number of ether oxygens (including phenoxy) is 2. The van der Waals surface area contributed by atoms with E-state index in [2.05, 4.69) is 10.6 Å². The van der Waals surface area contributed by atoms with Gasteiger partial charge in [-0.25, -0.2) is 0 Å². The highest BCUT2D eigenvalue weighted by atomic mass is 35.5. The van der Waals surface area contributed by atoms with Crippen molar-refractivity contribution in [2.24, 2.45) is 0 Å². The van der Waals surface area contributed by atoms with E-state index in [1.54, 1.807) is 36.4 Å². The predicted octanol–water partition coefficient (Wildman–Crippen LogP) is 3.89. The number of nitrogens with one attached hydrogen (secondary N) is 2. The number of carbonyl (C=O) groups is 3. The molecule has 2 rings (SSSR count). The van der Waals surface area contributed by atoms with Crippen LogP contribution >= 0.6 is 23.4 Å². The van der Waals surface area contributed by atoms with Crippen LogP contribution in [0.5, 0.6) is 11.5 Å². The normalized spacial score (nSPS) is 10.2. The van der Waals surface area contributed by atoms with E-state index in [1.165, 1.54) is 26.0 Å². The Morgan fingerprint density at radius 2 is 1.73 bits per heavy atom. The van der Waals surface area contributed by atoms with Gasteiger partial charge in [-0.1, -0.05) is 17.7 Å². The van der Waals surface area contributed by atoms with Crippen molar-refractivity contribution in [2.45, 2.75) is 17.7 Å². The maximum Gasteiger partial charge on any atom is 0.303 e. The first-order chi connectivity index (χ1) is 14.3. The number of aliphatic carboxylic acids is 1. The predicted molar refractivity (Wildman–Crippen MR) is 116 cm³/mol. The molecule has 2 amide bonds. The Balaban J connectivity index is 1.94. The molecule has 30 heavy (non-hydrogen) atoms.